The van der Waals surface area contributed by atoms with Crippen LogP contribution in [0.3, 0.4) is 0 Å². The summed E-state index contributed by atoms with van der Waals surface area (Å²) in [5.74, 6) is 0.325. The molecule has 0 aromatic rings. The van der Waals surface area contributed by atoms with Crippen molar-refractivity contribution in [3.05, 3.63) is 0 Å². The first-order valence-electron chi connectivity index (χ1n) is 4.38. The zero-order chi connectivity index (χ0) is 9.90. The molecule has 0 heterocycles. The van der Waals surface area contributed by atoms with Crippen molar-refractivity contribution in [2.24, 2.45) is 5.92 Å². The summed E-state index contributed by atoms with van der Waals surface area (Å²) in [6, 6.07) is 0. The van der Waals surface area contributed by atoms with Crippen LogP contribution in [0.15, 0.2) is 0 Å². The number of aliphatic hydroxyl groups excluding tert-OH is 1. The SMILES string of the molecule is OC(CCCOC(F)(F)F)C1CC1. The molecule has 13 heavy (non-hydrogen) atoms. The first-order valence-corrected chi connectivity index (χ1v) is 4.38. The minimum Gasteiger partial charge on any atom is -0.393 e. The molecule has 1 N–H and O–H groups in total. The van der Waals surface area contributed by atoms with Crippen molar-refractivity contribution in [3.8, 4) is 0 Å². The lowest BCUT2D eigenvalue weighted by atomic mass is 10.1. The number of halogens is 3. The molecule has 0 amide bonds. The van der Waals surface area contributed by atoms with Gasteiger partial charge in [0.1, 0.15) is 0 Å². The molecule has 1 aliphatic carbocycles. The summed E-state index contributed by atoms with van der Waals surface area (Å²) >= 11 is 0. The van der Waals surface area contributed by atoms with Gasteiger partial charge in [-0.3, -0.25) is 4.74 Å². The van der Waals surface area contributed by atoms with Crippen LogP contribution < -0.4 is 0 Å². The standard InChI is InChI=1S/C8H13F3O2/c9-8(10,11)13-5-1-2-7(12)6-3-4-6/h6-7,12H,1-5H2. The fraction of sp³-hybridized carbons (Fsp3) is 1.00. The summed E-state index contributed by atoms with van der Waals surface area (Å²) < 4.78 is 38.0. The molecule has 1 rings (SSSR count). The van der Waals surface area contributed by atoms with Crippen molar-refractivity contribution in [2.45, 2.75) is 38.1 Å². The maximum atomic E-state index is 11.5. The molecule has 0 aromatic heterocycles. The lowest BCUT2D eigenvalue weighted by Gasteiger charge is -2.10. The summed E-state index contributed by atoms with van der Waals surface area (Å²) in [6.45, 7) is -0.354. The number of hydrogen-bond acceptors (Lipinski definition) is 2. The molecule has 1 fully saturated rings. The summed E-state index contributed by atoms with van der Waals surface area (Å²) in [5.41, 5.74) is 0. The van der Waals surface area contributed by atoms with Crippen LogP contribution >= 0.6 is 0 Å². The second-order valence-electron chi connectivity index (χ2n) is 3.34. The molecule has 0 bridgehead atoms. The predicted molar refractivity (Wildman–Crippen MR) is 40.0 cm³/mol. The summed E-state index contributed by atoms with van der Waals surface area (Å²) in [6.07, 6.45) is -2.30. The fourth-order valence-electron chi connectivity index (χ4n) is 1.20. The second kappa shape index (κ2) is 4.28. The van der Waals surface area contributed by atoms with Crippen molar-refractivity contribution in [1.29, 1.82) is 0 Å². The number of hydrogen-bond donors (Lipinski definition) is 1. The Morgan fingerprint density at radius 1 is 1.38 bits per heavy atom. The molecular formula is C8H13F3O2. The fourth-order valence-corrected chi connectivity index (χ4v) is 1.20. The highest BCUT2D eigenvalue weighted by Crippen LogP contribution is 2.34. The van der Waals surface area contributed by atoms with Gasteiger partial charge in [0.2, 0.25) is 0 Å². The average molecular weight is 198 g/mol. The third kappa shape index (κ3) is 5.10. The Morgan fingerprint density at radius 2 is 2.00 bits per heavy atom. The van der Waals surface area contributed by atoms with Crippen LogP contribution in [0.4, 0.5) is 13.2 Å². The van der Waals surface area contributed by atoms with Crippen LogP contribution in [0.25, 0.3) is 0 Å². The molecule has 0 spiro atoms. The minimum atomic E-state index is -4.54. The highest BCUT2D eigenvalue weighted by atomic mass is 19.4. The molecule has 0 saturated heterocycles. The van der Waals surface area contributed by atoms with Gasteiger partial charge in [0.05, 0.1) is 12.7 Å². The monoisotopic (exact) mass is 198 g/mol. The normalized spacial score (nSPS) is 20.3. The smallest absolute Gasteiger partial charge is 0.393 e. The van der Waals surface area contributed by atoms with E-state index in [0.717, 1.165) is 12.8 Å². The lowest BCUT2D eigenvalue weighted by Crippen LogP contribution is -2.16. The Kier molecular flexibility index (Phi) is 3.55. The van der Waals surface area contributed by atoms with E-state index >= 15 is 0 Å². The Hall–Kier alpha value is -0.290. The minimum absolute atomic E-state index is 0.261. The molecule has 5 heteroatoms. The van der Waals surface area contributed by atoms with Crippen molar-refractivity contribution in [2.75, 3.05) is 6.61 Å². The third-order valence-electron chi connectivity index (χ3n) is 2.08. The molecule has 1 aliphatic rings. The molecular weight excluding hydrogens is 185 g/mol. The van der Waals surface area contributed by atoms with Gasteiger partial charge in [-0.25, -0.2) is 0 Å². The number of rotatable bonds is 5. The third-order valence-corrected chi connectivity index (χ3v) is 2.08. The number of ether oxygens (including phenoxy) is 1. The first-order chi connectivity index (χ1) is 5.99. The second-order valence-corrected chi connectivity index (χ2v) is 3.34. The van der Waals surface area contributed by atoms with E-state index in [1.807, 2.05) is 0 Å². The van der Waals surface area contributed by atoms with Crippen molar-refractivity contribution in [1.82, 2.24) is 0 Å². The van der Waals surface area contributed by atoms with Gasteiger partial charge in [0.15, 0.2) is 0 Å². The van der Waals surface area contributed by atoms with E-state index in [0.29, 0.717) is 12.3 Å². The zero-order valence-corrected chi connectivity index (χ0v) is 7.18. The lowest BCUT2D eigenvalue weighted by molar-refractivity contribution is -0.324. The molecule has 1 atom stereocenters. The average Bonchev–Trinajstić information content (AvgIpc) is 2.77. The van der Waals surface area contributed by atoms with Crippen LogP contribution in [0.5, 0.6) is 0 Å². The van der Waals surface area contributed by atoms with Gasteiger partial charge in [-0.05, 0) is 31.6 Å². The van der Waals surface area contributed by atoms with E-state index in [4.69, 9.17) is 0 Å². The van der Waals surface area contributed by atoms with Crippen molar-refractivity contribution < 1.29 is 23.0 Å². The van der Waals surface area contributed by atoms with Crippen LogP contribution in [-0.2, 0) is 4.74 Å². The number of aliphatic hydroxyl groups is 1. The summed E-state index contributed by atoms with van der Waals surface area (Å²) in [5, 5.41) is 9.28. The van der Waals surface area contributed by atoms with Crippen LogP contribution in [-0.4, -0.2) is 24.2 Å². The quantitative estimate of drug-likeness (QED) is 0.685. The highest BCUT2D eigenvalue weighted by molar-refractivity contribution is 4.80. The Labute approximate surface area is 74.7 Å². The topological polar surface area (TPSA) is 29.5 Å². The first kappa shape index (κ1) is 10.8. The van der Waals surface area contributed by atoms with E-state index < -0.39 is 12.5 Å². The molecule has 1 unspecified atom stereocenters. The molecule has 0 aromatic carbocycles. The Morgan fingerprint density at radius 3 is 2.46 bits per heavy atom. The van der Waals surface area contributed by atoms with Crippen molar-refractivity contribution >= 4 is 0 Å². The maximum absolute atomic E-state index is 11.5. The van der Waals surface area contributed by atoms with Gasteiger partial charge in [0.25, 0.3) is 0 Å². The molecule has 0 aliphatic heterocycles. The van der Waals surface area contributed by atoms with Gasteiger partial charge in [-0.15, -0.1) is 13.2 Å². The summed E-state index contributed by atoms with van der Waals surface area (Å²) in [4.78, 5) is 0. The Bertz CT molecular complexity index is 154. The van der Waals surface area contributed by atoms with Gasteiger partial charge < -0.3 is 5.11 Å². The summed E-state index contributed by atoms with van der Waals surface area (Å²) in [7, 11) is 0. The van der Waals surface area contributed by atoms with Crippen LogP contribution in [0.1, 0.15) is 25.7 Å². The van der Waals surface area contributed by atoms with Gasteiger partial charge in [-0.1, -0.05) is 0 Å². The van der Waals surface area contributed by atoms with Gasteiger partial charge >= 0.3 is 6.36 Å². The zero-order valence-electron chi connectivity index (χ0n) is 7.18. The van der Waals surface area contributed by atoms with Crippen LogP contribution in [0, 0.1) is 5.92 Å². The van der Waals surface area contributed by atoms with E-state index in [9.17, 15) is 18.3 Å². The highest BCUT2D eigenvalue weighted by Gasteiger charge is 2.31. The van der Waals surface area contributed by atoms with Gasteiger partial charge in [-0.2, -0.15) is 0 Å². The van der Waals surface area contributed by atoms with E-state index in [-0.39, 0.29) is 13.0 Å². The maximum Gasteiger partial charge on any atom is 0.522 e. The molecule has 0 radical (unpaired) electrons. The molecule has 1 saturated carbocycles. The predicted octanol–water partition coefficient (Wildman–Crippen LogP) is 2.07. The van der Waals surface area contributed by atoms with E-state index in [1.165, 1.54) is 0 Å². The van der Waals surface area contributed by atoms with E-state index in [2.05, 4.69) is 4.74 Å². The van der Waals surface area contributed by atoms with Crippen molar-refractivity contribution in [3.63, 3.8) is 0 Å². The Balaban J connectivity index is 1.94. The van der Waals surface area contributed by atoms with Gasteiger partial charge in [0, 0.05) is 0 Å². The molecule has 2 nitrogen and oxygen atoms in total. The molecule has 78 valence electrons. The largest absolute Gasteiger partial charge is 0.522 e. The van der Waals surface area contributed by atoms with E-state index in [1.54, 1.807) is 0 Å². The van der Waals surface area contributed by atoms with Crippen LogP contribution in [0.2, 0.25) is 0 Å². The number of alkyl halides is 3.